The maximum atomic E-state index is 12.6. The number of sulfonamides is 1. The number of nitro groups is 1. The molecule has 2 aromatic carbocycles. The number of nitrogens with one attached hydrogen (secondary N) is 1. The summed E-state index contributed by atoms with van der Waals surface area (Å²) in [7, 11) is -3.98. The number of nitrogens with zero attached hydrogens (tertiary/aromatic N) is 2. The molecule has 1 saturated heterocycles. The Labute approximate surface area is 150 Å². The van der Waals surface area contributed by atoms with Crippen LogP contribution >= 0.6 is 0 Å². The topological polar surface area (TPSA) is 110 Å². The Morgan fingerprint density at radius 1 is 1.15 bits per heavy atom. The van der Waals surface area contributed by atoms with Crippen LogP contribution in [0.4, 0.5) is 17.1 Å². The maximum absolute atomic E-state index is 12.6. The van der Waals surface area contributed by atoms with Crippen LogP contribution in [-0.4, -0.2) is 25.8 Å². The van der Waals surface area contributed by atoms with Crippen LogP contribution in [0.3, 0.4) is 0 Å². The van der Waals surface area contributed by atoms with Crippen molar-refractivity contribution in [1.29, 1.82) is 0 Å². The summed E-state index contributed by atoms with van der Waals surface area (Å²) in [5.41, 5.74) is 1.13. The molecule has 0 bridgehead atoms. The third kappa shape index (κ3) is 3.52. The van der Waals surface area contributed by atoms with E-state index in [1.54, 1.807) is 36.1 Å². The van der Waals surface area contributed by atoms with E-state index in [4.69, 9.17) is 0 Å². The summed E-state index contributed by atoms with van der Waals surface area (Å²) in [6.07, 6.45) is 1.32. The fraction of sp³-hybridized carbons (Fsp3) is 0.235. The molecule has 0 radical (unpaired) electrons. The normalized spacial score (nSPS) is 14.5. The minimum Gasteiger partial charge on any atom is -0.312 e. The van der Waals surface area contributed by atoms with Crippen molar-refractivity contribution in [3.8, 4) is 0 Å². The maximum Gasteiger partial charge on any atom is 0.270 e. The van der Waals surface area contributed by atoms with Gasteiger partial charge in [0.05, 0.1) is 9.82 Å². The lowest BCUT2D eigenvalue weighted by molar-refractivity contribution is -0.385. The molecule has 1 aliphatic heterocycles. The van der Waals surface area contributed by atoms with E-state index in [0.29, 0.717) is 29.9 Å². The van der Waals surface area contributed by atoms with Crippen molar-refractivity contribution in [3.63, 3.8) is 0 Å². The quantitative estimate of drug-likeness (QED) is 0.638. The smallest absolute Gasteiger partial charge is 0.270 e. The van der Waals surface area contributed by atoms with E-state index >= 15 is 0 Å². The number of anilines is 2. The molecule has 1 fully saturated rings. The minimum absolute atomic E-state index is 0.0468. The SMILES string of the molecule is Cc1ccc([N+](=O)[O-])cc1S(=O)(=O)Nc1ccc(N2CCCC2=O)cc1. The number of benzene rings is 2. The van der Waals surface area contributed by atoms with E-state index in [2.05, 4.69) is 4.72 Å². The Balaban J connectivity index is 1.85. The molecule has 1 heterocycles. The predicted molar refractivity (Wildman–Crippen MR) is 96.7 cm³/mol. The number of aryl methyl sites for hydroxylation is 1. The number of rotatable bonds is 5. The van der Waals surface area contributed by atoms with Crippen molar-refractivity contribution in [2.75, 3.05) is 16.2 Å². The van der Waals surface area contributed by atoms with Gasteiger partial charge in [0.25, 0.3) is 15.7 Å². The molecule has 1 N–H and O–H groups in total. The second kappa shape index (κ2) is 6.75. The molecule has 1 aliphatic rings. The number of hydrogen-bond acceptors (Lipinski definition) is 5. The molecule has 0 saturated carbocycles. The lowest BCUT2D eigenvalue weighted by Gasteiger charge is -2.16. The first-order valence-corrected chi connectivity index (χ1v) is 9.44. The first-order chi connectivity index (χ1) is 12.3. The standard InChI is InChI=1S/C17H17N3O5S/c1-12-4-7-15(20(22)23)11-16(12)26(24,25)18-13-5-8-14(9-6-13)19-10-2-3-17(19)21/h4-9,11,18H,2-3,10H2,1H3. The summed E-state index contributed by atoms with van der Waals surface area (Å²) in [5.74, 6) is 0.0468. The van der Waals surface area contributed by atoms with E-state index in [1.807, 2.05) is 0 Å². The van der Waals surface area contributed by atoms with E-state index in [-0.39, 0.29) is 16.5 Å². The summed E-state index contributed by atoms with van der Waals surface area (Å²) in [6.45, 7) is 2.22. The van der Waals surface area contributed by atoms with Crippen molar-refractivity contribution in [3.05, 3.63) is 58.1 Å². The molecule has 8 nitrogen and oxygen atoms in total. The number of hydrogen-bond donors (Lipinski definition) is 1. The molecule has 3 rings (SSSR count). The summed E-state index contributed by atoms with van der Waals surface area (Å²) in [6, 6.07) is 10.2. The number of amides is 1. The zero-order valence-electron chi connectivity index (χ0n) is 14.0. The van der Waals surface area contributed by atoms with Crippen LogP contribution in [-0.2, 0) is 14.8 Å². The molecule has 0 atom stereocenters. The molecule has 0 spiro atoms. The van der Waals surface area contributed by atoms with Gasteiger partial charge in [-0.25, -0.2) is 8.42 Å². The van der Waals surface area contributed by atoms with E-state index in [1.165, 1.54) is 12.1 Å². The van der Waals surface area contributed by atoms with E-state index < -0.39 is 14.9 Å². The molecule has 1 amide bonds. The molecule has 26 heavy (non-hydrogen) atoms. The van der Waals surface area contributed by atoms with Crippen molar-refractivity contribution in [2.24, 2.45) is 0 Å². The summed E-state index contributed by atoms with van der Waals surface area (Å²) in [4.78, 5) is 23.5. The van der Waals surface area contributed by atoms with Crippen LogP contribution in [0.2, 0.25) is 0 Å². The van der Waals surface area contributed by atoms with Crippen LogP contribution in [0, 0.1) is 17.0 Å². The highest BCUT2D eigenvalue weighted by atomic mass is 32.2. The zero-order chi connectivity index (χ0) is 18.9. The van der Waals surface area contributed by atoms with Gasteiger partial charge in [0.1, 0.15) is 0 Å². The molecular formula is C17H17N3O5S. The number of nitro benzene ring substituents is 1. The molecule has 0 aliphatic carbocycles. The first-order valence-electron chi connectivity index (χ1n) is 7.96. The third-order valence-corrected chi connectivity index (χ3v) is 5.70. The van der Waals surface area contributed by atoms with Crippen LogP contribution in [0.5, 0.6) is 0 Å². The van der Waals surface area contributed by atoms with Gasteiger partial charge in [0.2, 0.25) is 5.91 Å². The predicted octanol–water partition coefficient (Wildman–Crippen LogP) is 2.83. The van der Waals surface area contributed by atoms with Gasteiger partial charge in [-0.05, 0) is 43.2 Å². The number of carbonyl (C=O) groups is 1. The van der Waals surface area contributed by atoms with E-state index in [0.717, 1.165) is 12.5 Å². The second-order valence-corrected chi connectivity index (χ2v) is 7.66. The first kappa shape index (κ1) is 17.9. The van der Waals surface area contributed by atoms with Gasteiger partial charge in [0, 0.05) is 36.5 Å². The van der Waals surface area contributed by atoms with Gasteiger partial charge in [-0.3, -0.25) is 19.6 Å². The summed E-state index contributed by atoms with van der Waals surface area (Å²) in [5, 5.41) is 10.9. The van der Waals surface area contributed by atoms with Crippen LogP contribution in [0.15, 0.2) is 47.4 Å². The summed E-state index contributed by atoms with van der Waals surface area (Å²) >= 11 is 0. The van der Waals surface area contributed by atoms with Crippen LogP contribution in [0.25, 0.3) is 0 Å². The van der Waals surface area contributed by atoms with Crippen molar-refractivity contribution < 1.29 is 18.1 Å². The molecular weight excluding hydrogens is 358 g/mol. The Bertz CT molecular complexity index is 970. The van der Waals surface area contributed by atoms with Crippen molar-refractivity contribution in [1.82, 2.24) is 0 Å². The van der Waals surface area contributed by atoms with Crippen molar-refractivity contribution >= 4 is 33.0 Å². The van der Waals surface area contributed by atoms with Gasteiger partial charge < -0.3 is 4.90 Å². The van der Waals surface area contributed by atoms with Crippen molar-refractivity contribution in [2.45, 2.75) is 24.7 Å². The minimum atomic E-state index is -3.98. The Morgan fingerprint density at radius 3 is 2.42 bits per heavy atom. The Hall–Kier alpha value is -2.94. The highest BCUT2D eigenvalue weighted by Crippen LogP contribution is 2.26. The average Bonchev–Trinajstić information content (AvgIpc) is 3.01. The fourth-order valence-electron chi connectivity index (χ4n) is 2.83. The number of carbonyl (C=O) groups excluding carboxylic acids is 1. The lowest BCUT2D eigenvalue weighted by Crippen LogP contribution is -2.23. The molecule has 0 unspecified atom stereocenters. The summed E-state index contributed by atoms with van der Waals surface area (Å²) < 4.78 is 27.6. The molecule has 0 aromatic heterocycles. The van der Waals surface area contributed by atoms with Crippen LogP contribution in [0.1, 0.15) is 18.4 Å². The van der Waals surface area contributed by atoms with E-state index in [9.17, 15) is 23.3 Å². The number of non-ortho nitro benzene ring substituents is 1. The van der Waals surface area contributed by atoms with Gasteiger partial charge >= 0.3 is 0 Å². The highest BCUT2D eigenvalue weighted by molar-refractivity contribution is 7.92. The van der Waals surface area contributed by atoms with Crippen LogP contribution < -0.4 is 9.62 Å². The van der Waals surface area contributed by atoms with Gasteiger partial charge in [-0.1, -0.05) is 6.07 Å². The highest BCUT2D eigenvalue weighted by Gasteiger charge is 2.23. The third-order valence-electron chi connectivity index (χ3n) is 4.18. The molecule has 2 aromatic rings. The largest absolute Gasteiger partial charge is 0.312 e. The van der Waals surface area contributed by atoms with Gasteiger partial charge in [-0.2, -0.15) is 0 Å². The Morgan fingerprint density at radius 2 is 1.85 bits per heavy atom. The monoisotopic (exact) mass is 375 g/mol. The fourth-order valence-corrected chi connectivity index (χ4v) is 4.16. The second-order valence-electron chi connectivity index (χ2n) is 6.01. The average molecular weight is 375 g/mol. The molecule has 136 valence electrons. The van der Waals surface area contributed by atoms with Gasteiger partial charge in [0.15, 0.2) is 0 Å². The van der Waals surface area contributed by atoms with Gasteiger partial charge in [-0.15, -0.1) is 0 Å². The Kier molecular flexibility index (Phi) is 4.64. The zero-order valence-corrected chi connectivity index (χ0v) is 14.8. The lowest BCUT2D eigenvalue weighted by atomic mass is 10.2. The molecule has 9 heteroatoms.